The summed E-state index contributed by atoms with van der Waals surface area (Å²) in [5, 5.41) is 38.3. The molecule has 14 nitrogen and oxygen atoms in total. The number of nitrogens with one attached hydrogen (secondary N) is 3. The second kappa shape index (κ2) is 14.6. The van der Waals surface area contributed by atoms with Crippen molar-refractivity contribution in [2.75, 3.05) is 41.7 Å². The van der Waals surface area contributed by atoms with Crippen LogP contribution >= 0.6 is 0 Å². The van der Waals surface area contributed by atoms with Gasteiger partial charge in [-0.2, -0.15) is 15.5 Å². The van der Waals surface area contributed by atoms with E-state index in [2.05, 4.69) is 32.0 Å². The lowest BCUT2D eigenvalue weighted by Crippen LogP contribution is -2.51. The minimum absolute atomic E-state index is 0.0751. The Balaban J connectivity index is 0.895. The van der Waals surface area contributed by atoms with Crippen molar-refractivity contribution in [2.45, 2.75) is 76.1 Å². The Kier molecular flexibility index (Phi) is 9.67. The van der Waals surface area contributed by atoms with Gasteiger partial charge in [-0.15, -0.1) is 0 Å². The third-order valence-electron chi connectivity index (χ3n) is 11.2. The van der Waals surface area contributed by atoms with Crippen molar-refractivity contribution in [3.63, 3.8) is 0 Å². The van der Waals surface area contributed by atoms with Crippen LogP contribution in [0.1, 0.15) is 80.0 Å². The van der Waals surface area contributed by atoms with Gasteiger partial charge in [-0.1, -0.05) is 0 Å². The summed E-state index contributed by atoms with van der Waals surface area (Å²) >= 11 is 0. The summed E-state index contributed by atoms with van der Waals surface area (Å²) in [6.45, 7) is 5.60. The molecular weight excluding hydrogens is 723 g/mol. The Morgan fingerprint density at radius 2 is 1.70 bits per heavy atom. The predicted octanol–water partition coefficient (Wildman–Crippen LogP) is 4.84. The third kappa shape index (κ3) is 7.27. The highest BCUT2D eigenvalue weighted by Crippen LogP contribution is 2.36. The van der Waals surface area contributed by atoms with Crippen LogP contribution in [0.25, 0.3) is 16.4 Å². The Morgan fingerprint density at radius 1 is 0.982 bits per heavy atom. The molecule has 5 aromatic rings. The molecular formula is C40H42F2N10O4. The highest BCUT2D eigenvalue weighted by atomic mass is 19.1. The van der Waals surface area contributed by atoms with E-state index in [1.54, 1.807) is 36.9 Å². The number of imide groups is 1. The van der Waals surface area contributed by atoms with Crippen LogP contribution in [-0.2, 0) is 15.2 Å². The maximum atomic E-state index is 15.3. The molecule has 0 bridgehead atoms. The summed E-state index contributed by atoms with van der Waals surface area (Å²) in [6, 6.07) is 12.9. The van der Waals surface area contributed by atoms with E-state index in [1.165, 1.54) is 22.8 Å². The fraction of sp³-hybridized carbons (Fsp3) is 0.400. The molecule has 1 saturated carbocycles. The van der Waals surface area contributed by atoms with Crippen molar-refractivity contribution in [1.29, 1.82) is 5.26 Å². The molecule has 1 aliphatic carbocycles. The maximum absolute atomic E-state index is 15.3. The molecule has 2 saturated heterocycles. The van der Waals surface area contributed by atoms with Gasteiger partial charge in [0.2, 0.25) is 11.8 Å². The molecule has 3 fully saturated rings. The van der Waals surface area contributed by atoms with E-state index in [0.717, 1.165) is 31.1 Å². The van der Waals surface area contributed by atoms with Crippen LogP contribution in [0.2, 0.25) is 0 Å². The number of hydrogen-bond acceptors (Lipinski definition) is 10. The number of aliphatic hydroxyl groups is 1. The van der Waals surface area contributed by atoms with Crippen LogP contribution in [-0.4, -0.2) is 85.4 Å². The largest absolute Gasteiger partial charge is 0.386 e. The van der Waals surface area contributed by atoms with Crippen molar-refractivity contribution in [1.82, 2.24) is 29.6 Å². The van der Waals surface area contributed by atoms with E-state index in [0.29, 0.717) is 60.1 Å². The second-order valence-corrected chi connectivity index (χ2v) is 15.4. The minimum atomic E-state index is -1.28. The number of fused-ring (bicyclic) bond motifs is 2. The molecule has 2 aromatic carbocycles. The molecule has 3 amide bonds. The molecule has 2 aliphatic heterocycles. The number of hydrogen-bond donors (Lipinski definition) is 4. The molecule has 8 rings (SSSR count). The molecule has 1 atom stereocenters. The number of benzene rings is 2. The van der Waals surface area contributed by atoms with Gasteiger partial charge in [0.25, 0.3) is 5.91 Å². The summed E-state index contributed by atoms with van der Waals surface area (Å²) in [5.74, 6) is -2.68. The summed E-state index contributed by atoms with van der Waals surface area (Å²) in [5.41, 5.74) is 1.77. The first kappa shape index (κ1) is 37.0. The van der Waals surface area contributed by atoms with Gasteiger partial charge in [0.05, 0.1) is 34.4 Å². The van der Waals surface area contributed by atoms with Crippen molar-refractivity contribution in [3.8, 4) is 6.07 Å². The number of piperidine rings is 1. The van der Waals surface area contributed by atoms with Crippen molar-refractivity contribution >= 4 is 51.2 Å². The number of rotatable bonds is 8. The summed E-state index contributed by atoms with van der Waals surface area (Å²) in [4.78, 5) is 41.2. The highest BCUT2D eigenvalue weighted by molar-refractivity contribution is 6.05. The average molecular weight is 765 g/mol. The molecule has 1 unspecified atom stereocenters. The van der Waals surface area contributed by atoms with Gasteiger partial charge >= 0.3 is 0 Å². The molecule has 16 heteroatoms. The number of anilines is 3. The smallest absolute Gasteiger partial charge is 0.274 e. The number of carbonyl (C=O) groups is 3. The second-order valence-electron chi connectivity index (χ2n) is 15.4. The summed E-state index contributed by atoms with van der Waals surface area (Å²) in [7, 11) is 0. The zero-order chi connectivity index (χ0) is 39.3. The summed E-state index contributed by atoms with van der Waals surface area (Å²) in [6.07, 6.45) is 7.47. The van der Waals surface area contributed by atoms with Crippen LogP contribution in [0.15, 0.2) is 54.9 Å². The maximum Gasteiger partial charge on any atom is 0.274 e. The van der Waals surface area contributed by atoms with Crippen molar-refractivity contribution < 1.29 is 28.3 Å². The van der Waals surface area contributed by atoms with Gasteiger partial charge in [-0.25, -0.2) is 13.3 Å². The fourth-order valence-electron chi connectivity index (χ4n) is 8.29. The Morgan fingerprint density at radius 3 is 2.38 bits per heavy atom. The lowest BCUT2D eigenvalue weighted by Gasteiger charge is -2.42. The normalized spacial score (nSPS) is 20.9. The van der Waals surface area contributed by atoms with Gasteiger partial charge in [0.1, 0.15) is 23.5 Å². The molecule has 5 heterocycles. The molecule has 56 heavy (non-hydrogen) atoms. The zero-order valence-electron chi connectivity index (χ0n) is 31.1. The van der Waals surface area contributed by atoms with Crippen LogP contribution in [0, 0.1) is 23.0 Å². The topological polar surface area (TPSA) is 173 Å². The molecule has 290 valence electrons. The van der Waals surface area contributed by atoms with Crippen molar-refractivity contribution in [3.05, 3.63) is 83.3 Å². The van der Waals surface area contributed by atoms with E-state index in [4.69, 9.17) is 5.10 Å². The zero-order valence-corrected chi connectivity index (χ0v) is 31.1. The number of aromatic nitrogens is 4. The first-order valence-corrected chi connectivity index (χ1v) is 18.9. The van der Waals surface area contributed by atoms with E-state index in [1.807, 2.05) is 23.0 Å². The standard InChI is InChI=1S/C40H42F2N10O4/c1-40(2,56)29-19-33-24(16-34(29)46-39(55)35-9-7-28-15-23(20-43)21-44-52(28)35)22-51(48-33)27-5-3-26(4-6-27)49-11-13-50(14-12-49)37-30(41)17-25(18-31(37)42)45-32-8-10-36(53)47-38(32)54/h7,9,15-19,21-22,26-27,32,45,56H,3-6,8,10-14H2,1-2H3,(H,46,55)(H,47,53,54). The van der Waals surface area contributed by atoms with Crippen LogP contribution in [0.3, 0.4) is 0 Å². The van der Waals surface area contributed by atoms with Crippen LogP contribution < -0.4 is 20.9 Å². The monoisotopic (exact) mass is 764 g/mol. The number of carbonyl (C=O) groups excluding carboxylic acids is 3. The molecule has 4 N–H and O–H groups in total. The predicted molar refractivity (Wildman–Crippen MR) is 204 cm³/mol. The average Bonchev–Trinajstić information content (AvgIpc) is 3.79. The first-order chi connectivity index (χ1) is 26.8. The van der Waals surface area contributed by atoms with Gasteiger partial charge in [-0.3, -0.25) is 29.3 Å². The van der Waals surface area contributed by atoms with E-state index in [-0.39, 0.29) is 41.9 Å². The Hall–Kier alpha value is -5.92. The number of amides is 3. The van der Waals surface area contributed by atoms with Crippen LogP contribution in [0.5, 0.6) is 0 Å². The van der Waals surface area contributed by atoms with Gasteiger partial charge in [0, 0.05) is 67.2 Å². The highest BCUT2D eigenvalue weighted by Gasteiger charge is 2.32. The third-order valence-corrected chi connectivity index (χ3v) is 11.2. The van der Waals surface area contributed by atoms with Gasteiger partial charge < -0.3 is 20.6 Å². The van der Waals surface area contributed by atoms with E-state index < -0.39 is 35.1 Å². The molecule has 0 spiro atoms. The SMILES string of the molecule is CC(C)(O)c1cc2nn(C3CCC(N4CCN(c5c(F)cc(NC6CCC(=O)NC6=O)cc5F)CC4)CC3)cc2cc1NC(=O)c1ccc2cc(C#N)cnn12. The Labute approximate surface area is 321 Å². The molecule has 3 aliphatic rings. The number of nitrogens with zero attached hydrogens (tertiary/aromatic N) is 7. The Bertz CT molecular complexity index is 2370. The fourth-order valence-corrected chi connectivity index (χ4v) is 8.29. The van der Waals surface area contributed by atoms with Gasteiger partial charge in [0.15, 0.2) is 11.6 Å². The lowest BCUT2D eigenvalue weighted by molar-refractivity contribution is -0.133. The van der Waals surface area contributed by atoms with E-state index in [9.17, 15) is 24.8 Å². The van der Waals surface area contributed by atoms with E-state index >= 15 is 8.78 Å². The number of piperazine rings is 1. The minimum Gasteiger partial charge on any atom is -0.386 e. The van der Waals surface area contributed by atoms with Crippen LogP contribution in [0.4, 0.5) is 25.8 Å². The quantitative estimate of drug-likeness (QED) is 0.160. The summed E-state index contributed by atoms with van der Waals surface area (Å²) < 4.78 is 34.0. The molecule has 3 aromatic heterocycles. The van der Waals surface area contributed by atoms with Gasteiger partial charge in [-0.05, 0) is 88.4 Å². The molecule has 0 radical (unpaired) electrons. The lowest BCUT2D eigenvalue weighted by atomic mass is 9.90. The number of nitriles is 1. The first-order valence-electron chi connectivity index (χ1n) is 18.9. The van der Waals surface area contributed by atoms with Crippen molar-refractivity contribution in [2.24, 2.45) is 0 Å². The number of halogens is 2.